The maximum absolute atomic E-state index is 9.00. The van der Waals surface area contributed by atoms with Crippen LogP contribution in [-0.2, 0) is 6.54 Å². The van der Waals surface area contributed by atoms with Crippen LogP contribution in [0.2, 0.25) is 5.15 Å². The molecule has 0 amide bonds. The minimum absolute atomic E-state index is 0.269. The highest BCUT2D eigenvalue weighted by Gasteiger charge is 2.15. The first kappa shape index (κ1) is 11.8. The van der Waals surface area contributed by atoms with Crippen LogP contribution >= 0.6 is 23.1 Å². The van der Waals surface area contributed by atoms with E-state index in [1.54, 1.807) is 12.4 Å². The fourth-order valence-corrected chi connectivity index (χ4v) is 2.44. The lowest BCUT2D eigenvalue weighted by Gasteiger charge is -2.16. The highest BCUT2D eigenvalue weighted by molar-refractivity contribution is 7.10. The van der Waals surface area contributed by atoms with E-state index in [1.165, 1.54) is 11.5 Å². The molecule has 0 saturated heterocycles. The summed E-state index contributed by atoms with van der Waals surface area (Å²) in [5, 5.41) is 10.0. The van der Waals surface area contributed by atoms with Gasteiger partial charge in [-0.05, 0) is 23.2 Å². The van der Waals surface area contributed by atoms with Gasteiger partial charge in [0.2, 0.25) is 0 Å². The Morgan fingerprint density at radius 1 is 1.59 bits per heavy atom. The van der Waals surface area contributed by atoms with Crippen molar-refractivity contribution < 1.29 is 0 Å². The van der Waals surface area contributed by atoms with Gasteiger partial charge < -0.3 is 4.90 Å². The van der Waals surface area contributed by atoms with Crippen LogP contribution < -0.4 is 4.90 Å². The Bertz CT molecular complexity index is 546. The average Bonchev–Trinajstić information content (AvgIpc) is 2.71. The lowest BCUT2D eigenvalue weighted by molar-refractivity contribution is 0.924. The molecule has 0 aliphatic carbocycles. The third kappa shape index (κ3) is 2.54. The van der Waals surface area contributed by atoms with Crippen LogP contribution in [0.5, 0.6) is 0 Å². The molecular formula is C11H9ClN4S. The third-order valence-electron chi connectivity index (χ3n) is 2.23. The maximum Gasteiger partial charge on any atom is 0.162 e. The number of nitriles is 1. The molecule has 0 radical (unpaired) electrons. The predicted molar refractivity (Wildman–Crippen MR) is 68.2 cm³/mol. The van der Waals surface area contributed by atoms with Gasteiger partial charge in [0.1, 0.15) is 16.6 Å². The Labute approximate surface area is 108 Å². The Morgan fingerprint density at radius 2 is 2.41 bits per heavy atom. The summed E-state index contributed by atoms with van der Waals surface area (Å²) in [7, 11) is 1.90. The van der Waals surface area contributed by atoms with Gasteiger partial charge in [-0.3, -0.25) is 4.98 Å². The van der Waals surface area contributed by atoms with Crippen molar-refractivity contribution in [2.45, 2.75) is 6.54 Å². The summed E-state index contributed by atoms with van der Waals surface area (Å²) in [5.41, 5.74) is 1.51. The molecule has 2 rings (SSSR count). The SMILES string of the molecule is CN(Cc1cccnc1)c1snc(Cl)c1C#N. The first-order valence-corrected chi connectivity index (χ1v) is 6.03. The Hall–Kier alpha value is -1.64. The van der Waals surface area contributed by atoms with Crippen LogP contribution in [0.3, 0.4) is 0 Å². The summed E-state index contributed by atoms with van der Waals surface area (Å²) in [6.07, 6.45) is 3.53. The van der Waals surface area contributed by atoms with Crippen molar-refractivity contribution in [1.29, 1.82) is 5.26 Å². The number of hydrogen-bond donors (Lipinski definition) is 0. The minimum atomic E-state index is 0.269. The molecule has 0 atom stereocenters. The molecule has 2 aromatic heterocycles. The smallest absolute Gasteiger partial charge is 0.162 e. The molecule has 0 aliphatic rings. The van der Waals surface area contributed by atoms with Crippen LogP contribution in [-0.4, -0.2) is 16.4 Å². The van der Waals surface area contributed by atoms with E-state index in [2.05, 4.69) is 15.4 Å². The maximum atomic E-state index is 9.00. The minimum Gasteiger partial charge on any atom is -0.360 e. The molecule has 0 unspecified atom stereocenters. The summed E-state index contributed by atoms with van der Waals surface area (Å²) < 4.78 is 3.98. The van der Waals surface area contributed by atoms with Crippen molar-refractivity contribution in [3.8, 4) is 6.07 Å². The van der Waals surface area contributed by atoms with Crippen LogP contribution in [0.15, 0.2) is 24.5 Å². The van der Waals surface area contributed by atoms with Gasteiger partial charge in [-0.25, -0.2) is 0 Å². The van der Waals surface area contributed by atoms with E-state index in [9.17, 15) is 0 Å². The topological polar surface area (TPSA) is 52.8 Å². The van der Waals surface area contributed by atoms with Crippen molar-refractivity contribution in [1.82, 2.24) is 9.36 Å². The second-order valence-electron chi connectivity index (χ2n) is 3.48. The van der Waals surface area contributed by atoms with Gasteiger partial charge in [-0.1, -0.05) is 17.7 Å². The molecule has 6 heteroatoms. The normalized spacial score (nSPS) is 9.94. The number of anilines is 1. The number of rotatable bonds is 3. The Kier molecular flexibility index (Phi) is 3.57. The standard InChI is InChI=1S/C11H9ClN4S/c1-16(7-8-3-2-4-14-6-8)11-9(5-13)10(12)15-17-11/h2-4,6H,7H2,1H3. The molecule has 0 bridgehead atoms. The largest absolute Gasteiger partial charge is 0.360 e. The van der Waals surface area contributed by atoms with Crippen LogP contribution in [0.25, 0.3) is 0 Å². The molecule has 86 valence electrons. The molecule has 2 heterocycles. The summed E-state index contributed by atoms with van der Waals surface area (Å²) in [4.78, 5) is 5.99. The average molecular weight is 265 g/mol. The predicted octanol–water partition coefficient (Wildman–Crippen LogP) is 2.70. The molecule has 0 aliphatic heterocycles. The zero-order valence-corrected chi connectivity index (χ0v) is 10.7. The van der Waals surface area contributed by atoms with E-state index >= 15 is 0 Å². The van der Waals surface area contributed by atoms with Gasteiger partial charge in [0.25, 0.3) is 0 Å². The molecule has 0 N–H and O–H groups in total. The number of pyridine rings is 1. The second-order valence-corrected chi connectivity index (χ2v) is 4.59. The highest BCUT2D eigenvalue weighted by Crippen LogP contribution is 2.30. The molecule has 4 nitrogen and oxygen atoms in total. The summed E-state index contributed by atoms with van der Waals surface area (Å²) in [5.74, 6) is 0. The van der Waals surface area contributed by atoms with Crippen molar-refractivity contribution in [2.75, 3.05) is 11.9 Å². The molecule has 0 aromatic carbocycles. The second kappa shape index (κ2) is 5.13. The zero-order chi connectivity index (χ0) is 12.3. The van der Waals surface area contributed by atoms with Gasteiger partial charge in [0, 0.05) is 26.0 Å². The van der Waals surface area contributed by atoms with Gasteiger partial charge in [-0.15, -0.1) is 0 Å². The fourth-order valence-electron chi connectivity index (χ4n) is 1.45. The first-order valence-electron chi connectivity index (χ1n) is 4.87. The van der Waals surface area contributed by atoms with Crippen molar-refractivity contribution in [2.24, 2.45) is 0 Å². The zero-order valence-electron chi connectivity index (χ0n) is 9.09. The van der Waals surface area contributed by atoms with E-state index in [4.69, 9.17) is 16.9 Å². The van der Waals surface area contributed by atoms with Gasteiger partial charge >= 0.3 is 0 Å². The first-order chi connectivity index (χ1) is 8.22. The lowest BCUT2D eigenvalue weighted by Crippen LogP contribution is -2.16. The quantitative estimate of drug-likeness (QED) is 0.855. The molecule has 17 heavy (non-hydrogen) atoms. The summed E-state index contributed by atoms with van der Waals surface area (Å²) >= 11 is 7.06. The van der Waals surface area contributed by atoms with Crippen molar-refractivity contribution in [3.05, 3.63) is 40.8 Å². The Balaban J connectivity index is 2.21. The highest BCUT2D eigenvalue weighted by atomic mass is 35.5. The van der Waals surface area contributed by atoms with Crippen molar-refractivity contribution >= 4 is 28.1 Å². The Morgan fingerprint density at radius 3 is 3.06 bits per heavy atom. The number of hydrogen-bond acceptors (Lipinski definition) is 5. The number of aromatic nitrogens is 2. The van der Waals surface area contributed by atoms with Gasteiger partial charge in [0.05, 0.1) is 0 Å². The number of halogens is 1. The molecule has 2 aromatic rings. The van der Waals surface area contributed by atoms with Gasteiger partial charge in [-0.2, -0.15) is 9.64 Å². The van der Waals surface area contributed by atoms with E-state index < -0.39 is 0 Å². The van der Waals surface area contributed by atoms with Crippen LogP contribution in [0.1, 0.15) is 11.1 Å². The van der Waals surface area contributed by atoms with E-state index in [0.717, 1.165) is 10.6 Å². The summed E-state index contributed by atoms with van der Waals surface area (Å²) in [6.45, 7) is 0.668. The molecule has 0 saturated carbocycles. The van der Waals surface area contributed by atoms with Crippen molar-refractivity contribution in [3.63, 3.8) is 0 Å². The molecular weight excluding hydrogens is 256 g/mol. The third-order valence-corrected chi connectivity index (χ3v) is 3.57. The number of nitrogens with zero attached hydrogens (tertiary/aromatic N) is 4. The lowest BCUT2D eigenvalue weighted by atomic mass is 10.2. The summed E-state index contributed by atoms with van der Waals surface area (Å²) in [6, 6.07) is 5.94. The van der Waals surface area contributed by atoms with E-state index in [1.807, 2.05) is 24.1 Å². The molecule has 0 spiro atoms. The fraction of sp³-hybridized carbons (Fsp3) is 0.182. The van der Waals surface area contributed by atoms with Crippen LogP contribution in [0, 0.1) is 11.3 Å². The van der Waals surface area contributed by atoms with E-state index in [0.29, 0.717) is 12.1 Å². The monoisotopic (exact) mass is 264 g/mol. The van der Waals surface area contributed by atoms with Crippen LogP contribution in [0.4, 0.5) is 5.00 Å². The van der Waals surface area contributed by atoms with Gasteiger partial charge in [0.15, 0.2) is 5.15 Å². The molecule has 0 fully saturated rings. The van der Waals surface area contributed by atoms with E-state index in [-0.39, 0.29) is 5.15 Å².